The molecule has 0 fully saturated rings. The van der Waals surface area contributed by atoms with E-state index in [0.717, 1.165) is 15.2 Å². The molecule has 0 bridgehead atoms. The van der Waals surface area contributed by atoms with E-state index in [4.69, 9.17) is 10.00 Å². The zero-order chi connectivity index (χ0) is 13.9. The minimum Gasteiger partial charge on any atom is -0.485 e. The Balaban J connectivity index is 1.83. The summed E-state index contributed by atoms with van der Waals surface area (Å²) in [6, 6.07) is 13.9. The predicted octanol–water partition coefficient (Wildman–Crippen LogP) is 3.89. The van der Waals surface area contributed by atoms with Gasteiger partial charge in [-0.15, -0.1) is 11.3 Å². The Kier molecular flexibility index (Phi) is 3.32. The third-order valence-corrected chi connectivity index (χ3v) is 3.79. The normalized spacial score (nSPS) is 10.4. The van der Waals surface area contributed by atoms with Gasteiger partial charge >= 0.3 is 0 Å². The van der Waals surface area contributed by atoms with E-state index < -0.39 is 5.82 Å². The number of benzene rings is 2. The van der Waals surface area contributed by atoms with Gasteiger partial charge < -0.3 is 4.74 Å². The number of fused-ring (bicyclic) bond motifs is 1. The molecule has 1 aromatic heterocycles. The van der Waals surface area contributed by atoms with E-state index in [-0.39, 0.29) is 17.9 Å². The van der Waals surface area contributed by atoms with Crippen molar-refractivity contribution in [1.82, 2.24) is 4.98 Å². The predicted molar refractivity (Wildman–Crippen MR) is 75.1 cm³/mol. The minimum atomic E-state index is -0.575. The van der Waals surface area contributed by atoms with Gasteiger partial charge in [-0.2, -0.15) is 5.26 Å². The lowest BCUT2D eigenvalue weighted by atomic mass is 10.2. The zero-order valence-electron chi connectivity index (χ0n) is 10.3. The van der Waals surface area contributed by atoms with Gasteiger partial charge in [0.05, 0.1) is 10.2 Å². The van der Waals surface area contributed by atoms with Crippen molar-refractivity contribution in [3.8, 4) is 11.8 Å². The van der Waals surface area contributed by atoms with Gasteiger partial charge in [-0.3, -0.25) is 0 Å². The summed E-state index contributed by atoms with van der Waals surface area (Å²) in [6.45, 7) is 0.220. The highest BCUT2D eigenvalue weighted by Crippen LogP contribution is 2.25. The lowest BCUT2D eigenvalue weighted by Gasteiger charge is -2.05. The number of rotatable bonds is 3. The van der Waals surface area contributed by atoms with Gasteiger partial charge in [0.2, 0.25) is 0 Å². The molecule has 5 heteroatoms. The molecule has 0 aliphatic carbocycles. The van der Waals surface area contributed by atoms with Crippen LogP contribution in [0.15, 0.2) is 42.5 Å². The number of para-hydroxylation sites is 1. The van der Waals surface area contributed by atoms with E-state index in [1.807, 2.05) is 30.3 Å². The molecule has 0 radical (unpaired) electrons. The molecule has 0 saturated carbocycles. The monoisotopic (exact) mass is 284 g/mol. The molecule has 0 saturated heterocycles. The van der Waals surface area contributed by atoms with Crippen LogP contribution in [0.1, 0.15) is 10.6 Å². The van der Waals surface area contributed by atoms with Crippen LogP contribution in [0.2, 0.25) is 0 Å². The Morgan fingerprint density at radius 1 is 1.20 bits per heavy atom. The molecule has 0 aliphatic rings. The topological polar surface area (TPSA) is 45.9 Å². The van der Waals surface area contributed by atoms with Crippen LogP contribution < -0.4 is 4.74 Å². The fraction of sp³-hybridized carbons (Fsp3) is 0.0667. The molecule has 0 aliphatic heterocycles. The van der Waals surface area contributed by atoms with Gasteiger partial charge in [0.25, 0.3) is 0 Å². The summed E-state index contributed by atoms with van der Waals surface area (Å²) in [7, 11) is 0. The van der Waals surface area contributed by atoms with Crippen LogP contribution in [0.3, 0.4) is 0 Å². The highest BCUT2D eigenvalue weighted by Gasteiger charge is 2.10. The molecule has 0 atom stereocenters. The van der Waals surface area contributed by atoms with Crippen LogP contribution in [-0.2, 0) is 6.61 Å². The molecule has 3 nitrogen and oxygen atoms in total. The lowest BCUT2D eigenvalue weighted by Crippen LogP contribution is -1.98. The standard InChI is InChI=1S/C15H9FN2OS/c16-11-4-3-6-13(10(11)8-17)19-9-15-18-12-5-1-2-7-14(12)20-15/h1-7H,9H2. The average molecular weight is 284 g/mol. The van der Waals surface area contributed by atoms with Crippen molar-refractivity contribution in [3.63, 3.8) is 0 Å². The van der Waals surface area contributed by atoms with E-state index in [1.54, 1.807) is 6.07 Å². The Morgan fingerprint density at radius 3 is 2.85 bits per heavy atom. The molecule has 98 valence electrons. The summed E-state index contributed by atoms with van der Waals surface area (Å²) in [5.41, 5.74) is 0.837. The largest absolute Gasteiger partial charge is 0.485 e. The molecule has 0 N–H and O–H groups in total. The van der Waals surface area contributed by atoms with Crippen molar-refractivity contribution < 1.29 is 9.13 Å². The van der Waals surface area contributed by atoms with Crippen molar-refractivity contribution in [3.05, 3.63) is 58.9 Å². The Bertz CT molecular complexity index is 774. The number of nitrogens with zero attached hydrogens (tertiary/aromatic N) is 2. The van der Waals surface area contributed by atoms with E-state index in [9.17, 15) is 4.39 Å². The first-order chi connectivity index (χ1) is 9.78. The summed E-state index contributed by atoms with van der Waals surface area (Å²) in [5.74, 6) is -0.332. The first-order valence-corrected chi connectivity index (χ1v) is 6.75. The van der Waals surface area contributed by atoms with Crippen LogP contribution >= 0.6 is 11.3 Å². The van der Waals surface area contributed by atoms with E-state index in [2.05, 4.69) is 4.98 Å². The fourth-order valence-electron chi connectivity index (χ4n) is 1.85. The number of ether oxygens (including phenoxy) is 1. The maximum absolute atomic E-state index is 13.4. The molecule has 0 amide bonds. The van der Waals surface area contributed by atoms with Crippen LogP contribution in [0, 0.1) is 17.1 Å². The molecule has 3 aromatic rings. The highest BCUT2D eigenvalue weighted by atomic mass is 32.1. The Hall–Kier alpha value is -2.45. The molecule has 0 spiro atoms. The molecular weight excluding hydrogens is 275 g/mol. The molecule has 3 rings (SSSR count). The fourth-order valence-corrected chi connectivity index (χ4v) is 2.73. The molecule has 0 unspecified atom stereocenters. The maximum Gasteiger partial charge on any atom is 0.144 e. The SMILES string of the molecule is N#Cc1c(F)cccc1OCc1nc2ccccc2s1. The molecule has 20 heavy (non-hydrogen) atoms. The smallest absolute Gasteiger partial charge is 0.144 e. The zero-order valence-corrected chi connectivity index (χ0v) is 11.2. The summed E-state index contributed by atoms with van der Waals surface area (Å²) >= 11 is 1.52. The van der Waals surface area contributed by atoms with Crippen molar-refractivity contribution in [1.29, 1.82) is 5.26 Å². The summed E-state index contributed by atoms with van der Waals surface area (Å²) in [5, 5.41) is 9.72. The van der Waals surface area contributed by atoms with Gasteiger partial charge in [0, 0.05) is 0 Å². The minimum absolute atomic E-state index is 0.0754. The second-order valence-electron chi connectivity index (χ2n) is 4.09. The van der Waals surface area contributed by atoms with E-state index in [0.29, 0.717) is 0 Å². The van der Waals surface area contributed by atoms with E-state index >= 15 is 0 Å². The number of hydrogen-bond donors (Lipinski definition) is 0. The second-order valence-corrected chi connectivity index (χ2v) is 5.20. The summed E-state index contributed by atoms with van der Waals surface area (Å²) in [6.07, 6.45) is 0. The van der Waals surface area contributed by atoms with Gasteiger partial charge in [-0.05, 0) is 24.3 Å². The third-order valence-electron chi connectivity index (χ3n) is 2.78. The highest BCUT2D eigenvalue weighted by molar-refractivity contribution is 7.18. The van der Waals surface area contributed by atoms with Crippen LogP contribution in [0.5, 0.6) is 5.75 Å². The molecular formula is C15H9FN2OS. The molecule has 1 heterocycles. The number of aromatic nitrogens is 1. The number of hydrogen-bond acceptors (Lipinski definition) is 4. The lowest BCUT2D eigenvalue weighted by molar-refractivity contribution is 0.303. The summed E-state index contributed by atoms with van der Waals surface area (Å²) < 4.78 is 20.0. The average Bonchev–Trinajstić information content (AvgIpc) is 2.88. The number of halogens is 1. The van der Waals surface area contributed by atoms with Crippen LogP contribution in [-0.4, -0.2) is 4.98 Å². The van der Waals surface area contributed by atoms with Gasteiger partial charge in [0.1, 0.15) is 34.8 Å². The van der Waals surface area contributed by atoms with Gasteiger partial charge in [-0.1, -0.05) is 18.2 Å². The first-order valence-electron chi connectivity index (χ1n) is 5.94. The Morgan fingerprint density at radius 2 is 2.05 bits per heavy atom. The van der Waals surface area contributed by atoms with Crippen LogP contribution in [0.25, 0.3) is 10.2 Å². The second kappa shape index (κ2) is 5.27. The van der Waals surface area contributed by atoms with Crippen LogP contribution in [0.4, 0.5) is 4.39 Å². The van der Waals surface area contributed by atoms with Crippen molar-refractivity contribution in [2.45, 2.75) is 6.61 Å². The van der Waals surface area contributed by atoms with Crippen molar-refractivity contribution in [2.75, 3.05) is 0 Å². The first kappa shape index (κ1) is 12.6. The summed E-state index contributed by atoms with van der Waals surface area (Å²) in [4.78, 5) is 4.42. The number of thiazole rings is 1. The van der Waals surface area contributed by atoms with Crippen molar-refractivity contribution >= 4 is 21.6 Å². The Labute approximate surface area is 118 Å². The van der Waals surface area contributed by atoms with Crippen molar-refractivity contribution in [2.24, 2.45) is 0 Å². The quantitative estimate of drug-likeness (QED) is 0.733. The van der Waals surface area contributed by atoms with Gasteiger partial charge in [0.15, 0.2) is 0 Å². The molecule has 2 aromatic carbocycles. The van der Waals surface area contributed by atoms with E-state index in [1.165, 1.54) is 23.5 Å². The maximum atomic E-state index is 13.4. The van der Waals surface area contributed by atoms with Gasteiger partial charge in [-0.25, -0.2) is 9.37 Å². The number of nitriles is 1. The third kappa shape index (κ3) is 2.33.